The van der Waals surface area contributed by atoms with Crippen LogP contribution in [0.15, 0.2) is 54.6 Å². The Morgan fingerprint density at radius 1 is 0.900 bits per heavy atom. The molecule has 2 aromatic carbocycles. The van der Waals surface area contributed by atoms with Gasteiger partial charge in [-0.3, -0.25) is 0 Å². The second-order valence-corrected chi connectivity index (χ2v) is 9.22. The van der Waals surface area contributed by atoms with E-state index in [1.165, 1.54) is 30.0 Å². The predicted octanol–water partition coefficient (Wildman–Crippen LogP) is 6.81. The van der Waals surface area contributed by atoms with Gasteiger partial charge in [0.25, 0.3) is 0 Å². The minimum Gasteiger partial charge on any atom is -0.306 e. The fraction of sp³-hybridized carbons (Fsp3) is 0.500. The number of benzene rings is 2. The molecule has 0 spiro atoms. The van der Waals surface area contributed by atoms with E-state index in [1.807, 2.05) is 0 Å². The molecule has 162 valence electrons. The van der Waals surface area contributed by atoms with Crippen LogP contribution in [0.1, 0.15) is 55.2 Å². The second kappa shape index (κ2) is 13.7. The lowest BCUT2D eigenvalue weighted by atomic mass is 9.83. The minimum atomic E-state index is 0.172. The summed E-state index contributed by atoms with van der Waals surface area (Å²) in [5.41, 5.74) is 4.12. The van der Waals surface area contributed by atoms with Crippen molar-refractivity contribution < 1.29 is 0 Å². The van der Waals surface area contributed by atoms with Crippen LogP contribution in [0, 0.1) is 11.3 Å². The van der Waals surface area contributed by atoms with Gasteiger partial charge >= 0.3 is 0 Å². The predicted molar refractivity (Wildman–Crippen MR) is 130 cm³/mol. The van der Waals surface area contributed by atoms with Crippen LogP contribution in [0.3, 0.4) is 0 Å². The van der Waals surface area contributed by atoms with Crippen LogP contribution in [-0.2, 0) is 12.8 Å². The number of nitrogens with zero attached hydrogens (tertiary/aromatic N) is 2. The molecule has 0 aliphatic heterocycles. The Labute approximate surface area is 192 Å². The third-order valence-corrected chi connectivity index (χ3v) is 6.71. The van der Waals surface area contributed by atoms with E-state index in [9.17, 15) is 0 Å². The SMILES string of the molecule is CC#N.CN(CCCc1ccc(C2C(Cl)CCCC2Cl)cc1)CCc1ccccc1. The minimum absolute atomic E-state index is 0.172. The molecule has 0 aromatic heterocycles. The third kappa shape index (κ3) is 8.31. The smallest absolute Gasteiger partial charge is 0.0587 e. The van der Waals surface area contributed by atoms with E-state index in [0.717, 1.165) is 45.2 Å². The first-order valence-corrected chi connectivity index (χ1v) is 11.8. The molecule has 30 heavy (non-hydrogen) atoms. The summed E-state index contributed by atoms with van der Waals surface area (Å²) >= 11 is 13.1. The number of alkyl halides is 2. The van der Waals surface area contributed by atoms with Crippen molar-refractivity contribution in [2.24, 2.45) is 0 Å². The highest BCUT2D eigenvalue weighted by Crippen LogP contribution is 2.39. The zero-order valence-corrected chi connectivity index (χ0v) is 19.7. The highest BCUT2D eigenvalue weighted by Gasteiger charge is 2.31. The van der Waals surface area contributed by atoms with Crippen molar-refractivity contribution in [3.8, 4) is 6.07 Å². The van der Waals surface area contributed by atoms with Crippen molar-refractivity contribution in [3.63, 3.8) is 0 Å². The summed E-state index contributed by atoms with van der Waals surface area (Å²) in [6.45, 7) is 3.67. The number of hydrogen-bond acceptors (Lipinski definition) is 2. The van der Waals surface area contributed by atoms with Crippen LogP contribution >= 0.6 is 23.2 Å². The van der Waals surface area contributed by atoms with Crippen molar-refractivity contribution in [1.82, 2.24) is 4.90 Å². The van der Waals surface area contributed by atoms with E-state index in [-0.39, 0.29) is 10.8 Å². The summed E-state index contributed by atoms with van der Waals surface area (Å²) in [6, 6.07) is 21.5. The molecule has 1 aliphatic carbocycles. The average molecular weight is 445 g/mol. The van der Waals surface area contributed by atoms with Gasteiger partial charge in [0.1, 0.15) is 0 Å². The number of hydrogen-bond donors (Lipinski definition) is 0. The fourth-order valence-electron chi connectivity index (χ4n) is 4.05. The van der Waals surface area contributed by atoms with Gasteiger partial charge in [-0.1, -0.05) is 61.0 Å². The molecule has 2 nitrogen and oxygen atoms in total. The monoisotopic (exact) mass is 444 g/mol. The van der Waals surface area contributed by atoms with Gasteiger partial charge in [0, 0.05) is 30.1 Å². The Hall–Kier alpha value is -1.53. The second-order valence-electron chi connectivity index (χ2n) is 8.10. The standard InChI is InChI=1S/C24H31Cl2N.C2H3N/c1-27(18-16-19-7-3-2-4-8-19)17-6-9-20-12-14-21(15-13-20)24-22(25)10-5-11-23(24)26;1-2-3/h2-4,7-8,12-15,22-24H,5-6,9-11,16-18H2,1H3;1H3. The van der Waals surface area contributed by atoms with E-state index in [0.29, 0.717) is 5.92 Å². The Morgan fingerprint density at radius 3 is 2.07 bits per heavy atom. The van der Waals surface area contributed by atoms with Gasteiger partial charge in [-0.2, -0.15) is 5.26 Å². The maximum absolute atomic E-state index is 7.32. The molecule has 4 heteroatoms. The van der Waals surface area contributed by atoms with Crippen LogP contribution in [0.25, 0.3) is 0 Å². The number of halogens is 2. The summed E-state index contributed by atoms with van der Waals surface area (Å²) in [6.07, 6.45) is 6.72. The van der Waals surface area contributed by atoms with Gasteiger partial charge in [-0.05, 0) is 62.4 Å². The normalized spacial score (nSPS) is 20.9. The summed E-state index contributed by atoms with van der Waals surface area (Å²) in [5, 5.41) is 7.66. The molecule has 2 unspecified atom stereocenters. The summed E-state index contributed by atoms with van der Waals surface area (Å²) < 4.78 is 0. The van der Waals surface area contributed by atoms with Gasteiger partial charge in [0.15, 0.2) is 0 Å². The Bertz CT molecular complexity index is 745. The molecule has 0 N–H and O–H groups in total. The lowest BCUT2D eigenvalue weighted by Gasteiger charge is -2.32. The third-order valence-electron chi connectivity index (χ3n) is 5.73. The van der Waals surface area contributed by atoms with Crippen molar-refractivity contribution in [2.75, 3.05) is 20.1 Å². The molecule has 2 atom stereocenters. The quantitative estimate of drug-likeness (QED) is 0.418. The van der Waals surface area contributed by atoms with Crippen molar-refractivity contribution >= 4 is 23.2 Å². The Morgan fingerprint density at radius 2 is 1.47 bits per heavy atom. The molecule has 2 aromatic rings. The van der Waals surface area contributed by atoms with Gasteiger partial charge in [-0.25, -0.2) is 0 Å². The highest BCUT2D eigenvalue weighted by molar-refractivity contribution is 6.24. The van der Waals surface area contributed by atoms with Gasteiger partial charge in [0.2, 0.25) is 0 Å². The Kier molecular flexibility index (Phi) is 11.3. The van der Waals surface area contributed by atoms with Crippen LogP contribution in [0.4, 0.5) is 0 Å². The van der Waals surface area contributed by atoms with Crippen LogP contribution < -0.4 is 0 Å². The van der Waals surface area contributed by atoms with Crippen LogP contribution in [0.2, 0.25) is 0 Å². The fourth-order valence-corrected chi connectivity index (χ4v) is 5.07. The topological polar surface area (TPSA) is 27.0 Å². The molecular weight excluding hydrogens is 411 g/mol. The van der Waals surface area contributed by atoms with E-state index < -0.39 is 0 Å². The maximum Gasteiger partial charge on any atom is 0.0587 e. The summed E-state index contributed by atoms with van der Waals surface area (Å²) in [5.74, 6) is 0.292. The molecule has 0 heterocycles. The molecule has 0 radical (unpaired) electrons. The number of nitriles is 1. The first kappa shape index (κ1) is 24.7. The van der Waals surface area contributed by atoms with Gasteiger partial charge in [-0.15, -0.1) is 23.2 Å². The molecule has 1 fully saturated rings. The molecule has 1 saturated carbocycles. The average Bonchev–Trinajstić information content (AvgIpc) is 2.74. The molecule has 0 amide bonds. The maximum atomic E-state index is 7.32. The van der Waals surface area contributed by atoms with Crippen molar-refractivity contribution in [3.05, 3.63) is 71.3 Å². The van der Waals surface area contributed by atoms with E-state index in [4.69, 9.17) is 28.5 Å². The van der Waals surface area contributed by atoms with E-state index >= 15 is 0 Å². The van der Waals surface area contributed by atoms with E-state index in [2.05, 4.69) is 66.5 Å². The van der Waals surface area contributed by atoms with Crippen LogP contribution in [0.5, 0.6) is 0 Å². The van der Waals surface area contributed by atoms with E-state index in [1.54, 1.807) is 6.07 Å². The molecule has 0 saturated heterocycles. The molecule has 1 aliphatic rings. The number of rotatable bonds is 8. The lowest BCUT2D eigenvalue weighted by molar-refractivity contribution is 0.333. The lowest BCUT2D eigenvalue weighted by Crippen LogP contribution is -2.27. The largest absolute Gasteiger partial charge is 0.306 e. The van der Waals surface area contributed by atoms with Gasteiger partial charge < -0.3 is 4.90 Å². The van der Waals surface area contributed by atoms with Crippen LogP contribution in [-0.4, -0.2) is 35.8 Å². The zero-order valence-electron chi connectivity index (χ0n) is 18.2. The summed E-state index contributed by atoms with van der Waals surface area (Å²) in [7, 11) is 2.22. The first-order chi connectivity index (χ1) is 14.5. The zero-order chi connectivity index (χ0) is 21.8. The number of aryl methyl sites for hydroxylation is 1. The van der Waals surface area contributed by atoms with Crippen molar-refractivity contribution in [2.45, 2.75) is 62.1 Å². The first-order valence-electron chi connectivity index (χ1n) is 11.0. The number of likely N-dealkylation sites (N-methyl/N-ethyl adjacent to an activating group) is 1. The highest BCUT2D eigenvalue weighted by atomic mass is 35.5. The van der Waals surface area contributed by atoms with Crippen molar-refractivity contribution in [1.29, 1.82) is 5.26 Å². The molecule has 0 bridgehead atoms. The summed E-state index contributed by atoms with van der Waals surface area (Å²) in [4.78, 5) is 2.43. The molecule has 3 rings (SSSR count). The Balaban J connectivity index is 0.00000101. The molecular formula is C26H34Cl2N2. The van der Waals surface area contributed by atoms with Gasteiger partial charge in [0.05, 0.1) is 6.07 Å².